The van der Waals surface area contributed by atoms with Crippen LogP contribution in [0.2, 0.25) is 0 Å². The summed E-state index contributed by atoms with van der Waals surface area (Å²) in [6.07, 6.45) is 7.07. The molecule has 2 N–H and O–H groups in total. The summed E-state index contributed by atoms with van der Waals surface area (Å²) in [6, 6.07) is 4.11. The normalized spacial score (nSPS) is 31.7. The molecule has 2 atom stereocenters. The maximum atomic E-state index is 6.21. The highest BCUT2D eigenvalue weighted by Crippen LogP contribution is 2.45. The molecule has 1 aliphatic carbocycles. The van der Waals surface area contributed by atoms with E-state index in [2.05, 4.69) is 24.0 Å². The predicted molar refractivity (Wildman–Crippen MR) is 53.3 cm³/mol. The first-order chi connectivity index (χ1) is 6.24. The van der Waals surface area contributed by atoms with E-state index in [9.17, 15) is 0 Å². The zero-order chi connectivity index (χ0) is 9.31. The summed E-state index contributed by atoms with van der Waals surface area (Å²) < 4.78 is 0. The van der Waals surface area contributed by atoms with Crippen molar-refractivity contribution in [1.29, 1.82) is 0 Å². The lowest BCUT2D eigenvalue weighted by Crippen LogP contribution is -2.27. The molecule has 0 spiro atoms. The second kappa shape index (κ2) is 3.11. The Bertz CT molecular complexity index is 283. The van der Waals surface area contributed by atoms with Gasteiger partial charge < -0.3 is 5.73 Å². The monoisotopic (exact) mass is 176 g/mol. The summed E-state index contributed by atoms with van der Waals surface area (Å²) in [5.74, 6) is 0.737. The van der Waals surface area contributed by atoms with Crippen molar-refractivity contribution in [2.24, 2.45) is 11.7 Å². The summed E-state index contributed by atoms with van der Waals surface area (Å²) in [7, 11) is 0. The van der Waals surface area contributed by atoms with Gasteiger partial charge in [-0.2, -0.15) is 0 Å². The molecular weight excluding hydrogens is 160 g/mol. The number of hydrogen-bond acceptors (Lipinski definition) is 2. The summed E-state index contributed by atoms with van der Waals surface area (Å²) in [5.41, 5.74) is 7.62. The molecule has 0 aromatic carbocycles. The molecule has 2 unspecified atom stereocenters. The Morgan fingerprint density at radius 2 is 2.23 bits per heavy atom. The summed E-state index contributed by atoms with van der Waals surface area (Å²) >= 11 is 0. The van der Waals surface area contributed by atoms with Crippen molar-refractivity contribution in [1.82, 2.24) is 4.98 Å². The van der Waals surface area contributed by atoms with E-state index >= 15 is 0 Å². The van der Waals surface area contributed by atoms with Gasteiger partial charge in [-0.25, -0.2) is 0 Å². The molecule has 2 heteroatoms. The molecule has 0 amide bonds. The van der Waals surface area contributed by atoms with Gasteiger partial charge in [0.25, 0.3) is 0 Å². The minimum Gasteiger partial charge on any atom is -0.325 e. The minimum absolute atomic E-state index is 0.0934. The number of rotatable bonds is 3. The van der Waals surface area contributed by atoms with Crippen LogP contribution in [0.15, 0.2) is 24.5 Å². The van der Waals surface area contributed by atoms with Crippen molar-refractivity contribution in [2.75, 3.05) is 0 Å². The van der Waals surface area contributed by atoms with Gasteiger partial charge in [-0.15, -0.1) is 0 Å². The van der Waals surface area contributed by atoms with Gasteiger partial charge in [-0.1, -0.05) is 13.3 Å². The molecule has 0 bridgehead atoms. The molecule has 0 aliphatic heterocycles. The van der Waals surface area contributed by atoms with Gasteiger partial charge in [0, 0.05) is 17.9 Å². The Kier molecular flexibility index (Phi) is 2.08. The van der Waals surface area contributed by atoms with Gasteiger partial charge in [-0.05, 0) is 36.5 Å². The topological polar surface area (TPSA) is 38.9 Å². The maximum absolute atomic E-state index is 6.21. The SMILES string of the molecule is CCC1CC1(N)Cc1ccncc1. The van der Waals surface area contributed by atoms with Crippen LogP contribution in [0.1, 0.15) is 25.3 Å². The Morgan fingerprint density at radius 1 is 1.54 bits per heavy atom. The minimum atomic E-state index is 0.0934. The van der Waals surface area contributed by atoms with Crippen molar-refractivity contribution in [3.05, 3.63) is 30.1 Å². The lowest BCUT2D eigenvalue weighted by atomic mass is 10.0. The average Bonchev–Trinajstić information content (AvgIpc) is 2.78. The molecule has 1 aromatic rings. The fourth-order valence-electron chi connectivity index (χ4n) is 2.05. The van der Waals surface area contributed by atoms with E-state index in [1.165, 1.54) is 18.4 Å². The number of hydrogen-bond donors (Lipinski definition) is 1. The van der Waals surface area contributed by atoms with Crippen molar-refractivity contribution < 1.29 is 0 Å². The van der Waals surface area contributed by atoms with Gasteiger partial charge in [-0.3, -0.25) is 4.98 Å². The summed E-state index contributed by atoms with van der Waals surface area (Å²) in [4.78, 5) is 3.99. The molecule has 0 radical (unpaired) electrons. The van der Waals surface area contributed by atoms with Crippen molar-refractivity contribution in [2.45, 2.75) is 31.7 Å². The third-order valence-electron chi connectivity index (χ3n) is 3.05. The second-order valence-corrected chi connectivity index (χ2v) is 4.07. The van der Waals surface area contributed by atoms with E-state index in [0.717, 1.165) is 12.3 Å². The molecule has 2 nitrogen and oxygen atoms in total. The van der Waals surface area contributed by atoms with Gasteiger partial charge in [0.1, 0.15) is 0 Å². The molecule has 1 fully saturated rings. The molecule has 1 heterocycles. The van der Waals surface area contributed by atoms with Gasteiger partial charge in [0.05, 0.1) is 0 Å². The van der Waals surface area contributed by atoms with Crippen LogP contribution in [0.25, 0.3) is 0 Å². The quantitative estimate of drug-likeness (QED) is 0.762. The molecule has 1 aromatic heterocycles. The third-order valence-corrected chi connectivity index (χ3v) is 3.05. The van der Waals surface area contributed by atoms with Crippen LogP contribution in [0.5, 0.6) is 0 Å². The van der Waals surface area contributed by atoms with E-state index in [1.807, 2.05) is 12.4 Å². The number of pyridine rings is 1. The lowest BCUT2D eigenvalue weighted by molar-refractivity contribution is 0.579. The fourth-order valence-corrected chi connectivity index (χ4v) is 2.05. The van der Waals surface area contributed by atoms with Crippen LogP contribution >= 0.6 is 0 Å². The lowest BCUT2D eigenvalue weighted by Gasteiger charge is -2.10. The van der Waals surface area contributed by atoms with Crippen LogP contribution in [-0.2, 0) is 6.42 Å². The molecule has 70 valence electrons. The first-order valence-electron chi connectivity index (χ1n) is 4.92. The maximum Gasteiger partial charge on any atom is 0.0270 e. The van der Waals surface area contributed by atoms with Crippen LogP contribution < -0.4 is 5.73 Å². The van der Waals surface area contributed by atoms with Crippen LogP contribution in [0, 0.1) is 5.92 Å². The number of nitrogens with two attached hydrogens (primary N) is 1. The third kappa shape index (κ3) is 1.73. The van der Waals surface area contributed by atoms with E-state index in [-0.39, 0.29) is 5.54 Å². The van der Waals surface area contributed by atoms with Gasteiger partial charge >= 0.3 is 0 Å². The largest absolute Gasteiger partial charge is 0.325 e. The molecule has 1 aliphatic rings. The number of aromatic nitrogens is 1. The van der Waals surface area contributed by atoms with Gasteiger partial charge in [0.2, 0.25) is 0 Å². The fraction of sp³-hybridized carbons (Fsp3) is 0.545. The first kappa shape index (κ1) is 8.70. The van der Waals surface area contributed by atoms with Crippen LogP contribution in [0.4, 0.5) is 0 Å². The van der Waals surface area contributed by atoms with E-state index < -0.39 is 0 Å². The number of nitrogens with zero attached hydrogens (tertiary/aromatic N) is 1. The van der Waals surface area contributed by atoms with Crippen molar-refractivity contribution in [3.8, 4) is 0 Å². The Hall–Kier alpha value is -0.890. The van der Waals surface area contributed by atoms with E-state index in [1.54, 1.807) is 0 Å². The highest BCUT2D eigenvalue weighted by Gasteiger charge is 2.48. The standard InChI is InChI=1S/C11H16N2/c1-2-10-8-11(10,12)7-9-3-5-13-6-4-9/h3-6,10H,2,7-8,12H2,1H3. The van der Waals surface area contributed by atoms with E-state index in [0.29, 0.717) is 0 Å². The predicted octanol–water partition coefficient (Wildman–Crippen LogP) is 1.75. The molecule has 1 saturated carbocycles. The van der Waals surface area contributed by atoms with Crippen molar-refractivity contribution in [3.63, 3.8) is 0 Å². The molecule has 13 heavy (non-hydrogen) atoms. The zero-order valence-electron chi connectivity index (χ0n) is 8.03. The highest BCUT2D eigenvalue weighted by atomic mass is 14.9. The Balaban J connectivity index is 2.00. The zero-order valence-corrected chi connectivity index (χ0v) is 8.03. The van der Waals surface area contributed by atoms with E-state index in [4.69, 9.17) is 5.73 Å². The van der Waals surface area contributed by atoms with Crippen LogP contribution in [0.3, 0.4) is 0 Å². The summed E-state index contributed by atoms with van der Waals surface area (Å²) in [6.45, 7) is 2.21. The smallest absolute Gasteiger partial charge is 0.0270 e. The molecule has 2 rings (SSSR count). The Morgan fingerprint density at radius 3 is 2.77 bits per heavy atom. The molecule has 0 saturated heterocycles. The second-order valence-electron chi connectivity index (χ2n) is 4.07. The first-order valence-corrected chi connectivity index (χ1v) is 4.92. The Labute approximate surface area is 79.2 Å². The van der Waals surface area contributed by atoms with Gasteiger partial charge in [0.15, 0.2) is 0 Å². The van der Waals surface area contributed by atoms with Crippen LogP contribution in [-0.4, -0.2) is 10.5 Å². The summed E-state index contributed by atoms with van der Waals surface area (Å²) in [5, 5.41) is 0. The van der Waals surface area contributed by atoms with Crippen molar-refractivity contribution >= 4 is 0 Å². The highest BCUT2D eigenvalue weighted by molar-refractivity contribution is 5.20. The average molecular weight is 176 g/mol. The molecular formula is C11H16N2.